The summed E-state index contributed by atoms with van der Waals surface area (Å²) >= 11 is 0. The van der Waals surface area contributed by atoms with Gasteiger partial charge < -0.3 is 20.6 Å². The Morgan fingerprint density at radius 3 is 2.29 bits per heavy atom. The van der Waals surface area contributed by atoms with E-state index in [-0.39, 0.29) is 11.5 Å². The Bertz CT molecular complexity index is 1430. The van der Waals surface area contributed by atoms with Gasteiger partial charge in [0.15, 0.2) is 0 Å². The molecule has 1 aliphatic heterocycles. The largest absolute Gasteiger partial charge is 0.478 e. The summed E-state index contributed by atoms with van der Waals surface area (Å²) < 4.78 is 0. The summed E-state index contributed by atoms with van der Waals surface area (Å²) in [6, 6.07) is 20.7. The van der Waals surface area contributed by atoms with Gasteiger partial charge in [-0.1, -0.05) is 56.3 Å². The predicted molar refractivity (Wildman–Crippen MR) is 163 cm³/mol. The molecule has 41 heavy (non-hydrogen) atoms. The number of fused-ring (bicyclic) bond motifs is 1. The molecular formula is C33H38N4O4. The van der Waals surface area contributed by atoms with Gasteiger partial charge in [-0.3, -0.25) is 14.5 Å². The lowest BCUT2D eigenvalue weighted by Gasteiger charge is -2.23. The van der Waals surface area contributed by atoms with E-state index in [2.05, 4.69) is 41.5 Å². The minimum Gasteiger partial charge on any atom is -0.478 e. The van der Waals surface area contributed by atoms with Gasteiger partial charge in [-0.2, -0.15) is 0 Å². The van der Waals surface area contributed by atoms with Crippen LogP contribution in [0.1, 0.15) is 66.2 Å². The Kier molecular flexibility index (Phi) is 9.92. The highest BCUT2D eigenvalue weighted by atomic mass is 16.4. The van der Waals surface area contributed by atoms with E-state index in [9.17, 15) is 19.5 Å². The average molecular weight is 555 g/mol. The summed E-state index contributed by atoms with van der Waals surface area (Å²) in [5.41, 5.74) is 6.93. The molecule has 8 heteroatoms. The number of aromatic carboxylic acids is 1. The van der Waals surface area contributed by atoms with E-state index >= 15 is 0 Å². The van der Waals surface area contributed by atoms with Gasteiger partial charge in [-0.05, 0) is 79.4 Å². The summed E-state index contributed by atoms with van der Waals surface area (Å²) in [6.07, 6.45) is 2.59. The van der Waals surface area contributed by atoms with E-state index in [0.717, 1.165) is 59.6 Å². The quantitative estimate of drug-likeness (QED) is 0.179. The zero-order valence-corrected chi connectivity index (χ0v) is 23.9. The maximum Gasteiger partial charge on any atom is 0.335 e. The average Bonchev–Trinajstić information content (AvgIpc) is 3.40. The molecule has 0 atom stereocenters. The number of hydrogen-bond donors (Lipinski definition) is 3. The molecule has 0 fully saturated rings. The fourth-order valence-corrected chi connectivity index (χ4v) is 5.30. The minimum atomic E-state index is -1.07. The van der Waals surface area contributed by atoms with Crippen LogP contribution in [-0.2, 0) is 22.7 Å². The predicted octanol–water partition coefficient (Wildman–Crippen LogP) is 5.92. The number of carbonyl (C=O) groups excluding carboxylic acids is 2. The molecule has 1 heterocycles. The molecule has 3 aromatic carbocycles. The van der Waals surface area contributed by atoms with Gasteiger partial charge in [-0.15, -0.1) is 0 Å². The van der Waals surface area contributed by atoms with Gasteiger partial charge in [0, 0.05) is 35.7 Å². The first-order chi connectivity index (χ1) is 19.8. The van der Waals surface area contributed by atoms with Gasteiger partial charge >= 0.3 is 5.97 Å². The normalized spacial score (nSPS) is 13.0. The highest BCUT2D eigenvalue weighted by Crippen LogP contribution is 2.34. The molecule has 0 saturated carbocycles. The number of anilines is 2. The number of carbonyl (C=O) groups is 3. The van der Waals surface area contributed by atoms with E-state index in [1.165, 1.54) is 12.1 Å². The molecule has 0 bridgehead atoms. The van der Waals surface area contributed by atoms with Crippen molar-refractivity contribution in [3.8, 4) is 0 Å². The van der Waals surface area contributed by atoms with Crippen LogP contribution in [0.4, 0.5) is 11.4 Å². The topological polar surface area (TPSA) is 102 Å². The molecule has 0 unspecified atom stereocenters. The minimum absolute atomic E-state index is 0.0883. The molecule has 8 nitrogen and oxygen atoms in total. The van der Waals surface area contributed by atoms with E-state index in [1.807, 2.05) is 48.2 Å². The number of carboxylic acids is 1. The lowest BCUT2D eigenvalue weighted by molar-refractivity contribution is -0.133. The second kappa shape index (κ2) is 13.8. The van der Waals surface area contributed by atoms with Gasteiger partial charge in [0.25, 0.3) is 0 Å². The van der Waals surface area contributed by atoms with Crippen LogP contribution in [0.2, 0.25) is 0 Å². The molecule has 0 aromatic heterocycles. The number of allylic oxidation sites excluding steroid dienone is 1. The van der Waals surface area contributed by atoms with Crippen LogP contribution in [-0.4, -0.2) is 52.8 Å². The zero-order valence-electron chi connectivity index (χ0n) is 23.9. The highest BCUT2D eigenvalue weighted by molar-refractivity contribution is 6.00. The zero-order chi connectivity index (χ0) is 29.4. The SMILES string of the molecule is CCCN(CCC)CC(=O)N1Cc2ccc(N/C(=C(\C)c3ccc(C(=O)O)cc3NC=O)c3ccccc3)cc2C1. The van der Waals surface area contributed by atoms with Crippen molar-refractivity contribution in [3.63, 3.8) is 0 Å². The number of benzene rings is 3. The lowest BCUT2D eigenvalue weighted by atomic mass is 9.97. The van der Waals surface area contributed by atoms with Crippen LogP contribution in [0.15, 0.2) is 66.7 Å². The van der Waals surface area contributed by atoms with Crippen molar-refractivity contribution in [2.45, 2.75) is 46.7 Å². The summed E-state index contributed by atoms with van der Waals surface area (Å²) in [5, 5.41) is 15.7. The smallest absolute Gasteiger partial charge is 0.335 e. The Morgan fingerprint density at radius 1 is 0.927 bits per heavy atom. The number of hydrogen-bond acceptors (Lipinski definition) is 5. The van der Waals surface area contributed by atoms with Crippen LogP contribution in [0.5, 0.6) is 0 Å². The molecule has 4 rings (SSSR count). The van der Waals surface area contributed by atoms with E-state index in [4.69, 9.17) is 0 Å². The maximum atomic E-state index is 13.1. The third-order valence-electron chi connectivity index (χ3n) is 7.31. The first kappa shape index (κ1) is 29.6. The summed E-state index contributed by atoms with van der Waals surface area (Å²) in [4.78, 5) is 40.2. The van der Waals surface area contributed by atoms with Crippen molar-refractivity contribution in [3.05, 3.63) is 94.5 Å². The van der Waals surface area contributed by atoms with Crippen molar-refractivity contribution in [2.24, 2.45) is 0 Å². The molecule has 1 aliphatic rings. The van der Waals surface area contributed by atoms with Crippen LogP contribution >= 0.6 is 0 Å². The maximum absolute atomic E-state index is 13.1. The van der Waals surface area contributed by atoms with Crippen molar-refractivity contribution in [1.29, 1.82) is 0 Å². The number of amides is 2. The van der Waals surface area contributed by atoms with E-state index < -0.39 is 5.97 Å². The van der Waals surface area contributed by atoms with Crippen molar-refractivity contribution < 1.29 is 19.5 Å². The Labute approximate surface area is 241 Å². The van der Waals surface area contributed by atoms with Gasteiger partial charge in [0.1, 0.15) is 0 Å². The second-order valence-electron chi connectivity index (χ2n) is 10.3. The Balaban J connectivity index is 1.63. The summed E-state index contributed by atoms with van der Waals surface area (Å²) in [5.74, 6) is -0.916. The van der Waals surface area contributed by atoms with E-state index in [1.54, 1.807) is 6.07 Å². The number of nitrogens with one attached hydrogen (secondary N) is 2. The molecule has 2 amide bonds. The van der Waals surface area contributed by atoms with Crippen LogP contribution in [0, 0.1) is 0 Å². The Hall–Kier alpha value is -4.43. The molecule has 3 aromatic rings. The van der Waals surface area contributed by atoms with Gasteiger partial charge in [0.05, 0.1) is 12.1 Å². The number of rotatable bonds is 13. The van der Waals surface area contributed by atoms with Crippen molar-refractivity contribution >= 4 is 40.9 Å². The standard InChI is InChI=1S/C33H38N4O4/c1-4-15-36(16-5-2)21-31(39)37-19-26-11-13-28(17-27(26)20-37)35-32(24-9-7-6-8-10-24)23(3)29-14-12-25(33(40)41)18-30(29)34-22-38/h6-14,17-18,22,35H,4-5,15-16,19-21H2,1-3H3,(H,34,38)(H,40,41)/b32-23+. The van der Waals surface area contributed by atoms with Gasteiger partial charge in [-0.25, -0.2) is 4.79 Å². The molecule has 0 saturated heterocycles. The molecule has 0 spiro atoms. The fourth-order valence-electron chi connectivity index (χ4n) is 5.30. The first-order valence-corrected chi connectivity index (χ1v) is 14.1. The van der Waals surface area contributed by atoms with Crippen molar-refractivity contribution in [2.75, 3.05) is 30.3 Å². The summed E-state index contributed by atoms with van der Waals surface area (Å²) in [6.45, 7) is 9.68. The fraction of sp³-hybridized carbons (Fsp3) is 0.303. The van der Waals surface area contributed by atoms with Crippen LogP contribution < -0.4 is 10.6 Å². The van der Waals surface area contributed by atoms with Crippen molar-refractivity contribution in [1.82, 2.24) is 9.80 Å². The first-order valence-electron chi connectivity index (χ1n) is 14.1. The Morgan fingerprint density at radius 2 is 1.63 bits per heavy atom. The molecule has 0 aliphatic carbocycles. The number of carboxylic acid groups (broad SMARTS) is 1. The van der Waals surface area contributed by atoms with Crippen LogP contribution in [0.3, 0.4) is 0 Å². The molecule has 0 radical (unpaired) electrons. The summed E-state index contributed by atoms with van der Waals surface area (Å²) in [7, 11) is 0. The highest BCUT2D eigenvalue weighted by Gasteiger charge is 2.25. The van der Waals surface area contributed by atoms with E-state index in [0.29, 0.717) is 37.3 Å². The lowest BCUT2D eigenvalue weighted by Crippen LogP contribution is -2.38. The number of nitrogens with zero attached hydrogens (tertiary/aromatic N) is 2. The molecule has 214 valence electrons. The molecule has 3 N–H and O–H groups in total. The van der Waals surface area contributed by atoms with Crippen LogP contribution in [0.25, 0.3) is 11.3 Å². The monoisotopic (exact) mass is 554 g/mol. The second-order valence-corrected chi connectivity index (χ2v) is 10.3. The molecular weight excluding hydrogens is 516 g/mol. The van der Waals surface area contributed by atoms with Gasteiger partial charge in [0.2, 0.25) is 12.3 Å². The third-order valence-corrected chi connectivity index (χ3v) is 7.31. The third kappa shape index (κ3) is 7.21.